The summed E-state index contributed by atoms with van der Waals surface area (Å²) in [5.41, 5.74) is 2.39. The lowest BCUT2D eigenvalue weighted by atomic mass is 10.2. The fourth-order valence-corrected chi connectivity index (χ4v) is 2.57. The van der Waals surface area contributed by atoms with E-state index in [9.17, 15) is 9.59 Å². The summed E-state index contributed by atoms with van der Waals surface area (Å²) in [6.07, 6.45) is 0. The van der Waals surface area contributed by atoms with Crippen LogP contribution < -0.4 is 20.3 Å². The Hall–Kier alpha value is -3.56. The van der Waals surface area contributed by atoms with E-state index in [0.29, 0.717) is 28.0 Å². The number of amides is 2. The molecule has 1 aromatic heterocycles. The molecule has 9 nitrogen and oxygen atoms in total. The van der Waals surface area contributed by atoms with Crippen LogP contribution in [0.5, 0.6) is 11.5 Å². The number of ether oxygens (including phenoxy) is 2. The van der Waals surface area contributed by atoms with Gasteiger partial charge < -0.3 is 24.3 Å². The first-order chi connectivity index (χ1) is 14.1. The van der Waals surface area contributed by atoms with Crippen molar-refractivity contribution in [2.24, 2.45) is 0 Å². The molecule has 3 rings (SSSR count). The molecule has 2 amide bonds. The minimum Gasteiger partial charge on any atom is -0.492 e. The molecule has 0 atom stereocenters. The van der Waals surface area contributed by atoms with Crippen molar-refractivity contribution >= 4 is 22.8 Å². The number of nitrogens with one attached hydrogen (secondary N) is 2. The zero-order valence-electron chi connectivity index (χ0n) is 15.4. The molecule has 0 aliphatic heterocycles. The molecule has 4 N–H and O–H groups in total. The van der Waals surface area contributed by atoms with Gasteiger partial charge in [0, 0.05) is 10.9 Å². The molecule has 29 heavy (non-hydrogen) atoms. The lowest BCUT2D eigenvalue weighted by Gasteiger charge is -2.07. The number of carbonyl (C=O) groups is 2. The minimum absolute atomic E-state index is 0.0821. The maximum absolute atomic E-state index is 12.2. The molecule has 0 saturated carbocycles. The SMILES string of the molecule is O=C(NO)c1ccc(OCCNC(=O)c2cc3cc(OCCO)ccc3o2)cc1. The number of benzene rings is 2. The van der Waals surface area contributed by atoms with Gasteiger partial charge in [0.2, 0.25) is 0 Å². The van der Waals surface area contributed by atoms with Crippen molar-refractivity contribution in [1.29, 1.82) is 0 Å². The normalized spacial score (nSPS) is 10.6. The van der Waals surface area contributed by atoms with Gasteiger partial charge in [0.05, 0.1) is 13.2 Å². The van der Waals surface area contributed by atoms with E-state index in [1.54, 1.807) is 41.9 Å². The van der Waals surface area contributed by atoms with Crippen molar-refractivity contribution in [3.8, 4) is 11.5 Å². The summed E-state index contributed by atoms with van der Waals surface area (Å²) in [4.78, 5) is 23.5. The highest BCUT2D eigenvalue weighted by molar-refractivity contribution is 5.96. The van der Waals surface area contributed by atoms with Crippen LogP contribution in [-0.2, 0) is 0 Å². The first-order valence-electron chi connectivity index (χ1n) is 8.83. The van der Waals surface area contributed by atoms with E-state index in [2.05, 4.69) is 5.32 Å². The zero-order valence-corrected chi connectivity index (χ0v) is 15.4. The third-order valence-corrected chi connectivity index (χ3v) is 3.95. The largest absolute Gasteiger partial charge is 0.492 e. The number of rotatable bonds is 9. The molecule has 0 saturated heterocycles. The minimum atomic E-state index is -0.610. The Morgan fingerprint density at radius 3 is 2.38 bits per heavy atom. The van der Waals surface area contributed by atoms with Crippen molar-refractivity contribution in [3.63, 3.8) is 0 Å². The summed E-state index contributed by atoms with van der Waals surface area (Å²) >= 11 is 0. The van der Waals surface area contributed by atoms with Crippen molar-refractivity contribution in [2.45, 2.75) is 0 Å². The van der Waals surface area contributed by atoms with Crippen molar-refractivity contribution in [1.82, 2.24) is 10.8 Å². The summed E-state index contributed by atoms with van der Waals surface area (Å²) in [6, 6.07) is 12.9. The number of hydroxylamine groups is 1. The predicted molar refractivity (Wildman–Crippen MR) is 102 cm³/mol. The molecule has 3 aromatic rings. The fraction of sp³-hybridized carbons (Fsp3) is 0.200. The molecular weight excluding hydrogens is 380 g/mol. The van der Waals surface area contributed by atoms with Gasteiger partial charge >= 0.3 is 0 Å². The molecule has 0 radical (unpaired) electrons. The van der Waals surface area contributed by atoms with Crippen LogP contribution in [0.1, 0.15) is 20.9 Å². The van der Waals surface area contributed by atoms with E-state index in [1.165, 1.54) is 12.1 Å². The van der Waals surface area contributed by atoms with Crippen LogP contribution in [0.15, 0.2) is 52.9 Å². The second-order valence-electron chi connectivity index (χ2n) is 5.95. The van der Waals surface area contributed by atoms with Gasteiger partial charge in [-0.05, 0) is 48.5 Å². The fourth-order valence-electron chi connectivity index (χ4n) is 2.57. The highest BCUT2D eigenvalue weighted by Crippen LogP contribution is 2.24. The van der Waals surface area contributed by atoms with Gasteiger partial charge in [-0.15, -0.1) is 0 Å². The second kappa shape index (κ2) is 9.58. The van der Waals surface area contributed by atoms with Gasteiger partial charge in [-0.3, -0.25) is 14.8 Å². The molecule has 0 unspecified atom stereocenters. The maximum atomic E-state index is 12.2. The Morgan fingerprint density at radius 2 is 1.66 bits per heavy atom. The van der Waals surface area contributed by atoms with Crippen molar-refractivity contribution in [3.05, 3.63) is 59.9 Å². The lowest BCUT2D eigenvalue weighted by Crippen LogP contribution is -2.27. The molecule has 0 aliphatic rings. The predicted octanol–water partition coefficient (Wildman–Crippen LogP) is 1.73. The second-order valence-corrected chi connectivity index (χ2v) is 5.95. The number of fused-ring (bicyclic) bond motifs is 1. The van der Waals surface area contributed by atoms with Crippen LogP contribution in [-0.4, -0.2) is 48.5 Å². The van der Waals surface area contributed by atoms with Crippen molar-refractivity contribution in [2.75, 3.05) is 26.4 Å². The molecule has 0 spiro atoms. The monoisotopic (exact) mass is 400 g/mol. The zero-order chi connectivity index (χ0) is 20.6. The average molecular weight is 400 g/mol. The summed E-state index contributed by atoms with van der Waals surface area (Å²) in [6.45, 7) is 0.575. The van der Waals surface area contributed by atoms with E-state index in [-0.39, 0.29) is 38.0 Å². The quantitative estimate of drug-likeness (QED) is 0.244. The number of aliphatic hydroxyl groups excluding tert-OH is 1. The molecular formula is C20H20N2O7. The topological polar surface area (TPSA) is 130 Å². The van der Waals surface area contributed by atoms with Crippen LogP contribution in [0, 0.1) is 0 Å². The van der Waals surface area contributed by atoms with Crippen molar-refractivity contribution < 1.29 is 33.8 Å². The Labute approximate surface area is 165 Å². The van der Waals surface area contributed by atoms with Gasteiger partial charge in [-0.2, -0.15) is 0 Å². The molecule has 0 fully saturated rings. The van der Waals surface area contributed by atoms with Gasteiger partial charge in [-0.25, -0.2) is 5.48 Å². The van der Waals surface area contributed by atoms with E-state index >= 15 is 0 Å². The van der Waals surface area contributed by atoms with Gasteiger partial charge in [-0.1, -0.05) is 0 Å². The van der Waals surface area contributed by atoms with E-state index in [0.717, 1.165) is 0 Å². The highest BCUT2D eigenvalue weighted by Gasteiger charge is 2.12. The Kier molecular flexibility index (Phi) is 6.67. The maximum Gasteiger partial charge on any atom is 0.287 e. The Balaban J connectivity index is 1.49. The molecule has 2 aromatic carbocycles. The van der Waals surface area contributed by atoms with Crippen LogP contribution >= 0.6 is 0 Å². The Bertz CT molecular complexity index is 982. The number of hydrogen-bond donors (Lipinski definition) is 4. The molecule has 1 heterocycles. The van der Waals surface area contributed by atoms with Crippen LogP contribution in [0.3, 0.4) is 0 Å². The number of hydrogen-bond acceptors (Lipinski definition) is 7. The standard InChI is InChI=1S/C20H20N2O7/c23-8-10-28-16-5-6-17-14(11-16)12-18(29-17)20(25)21-7-9-27-15-3-1-13(2-4-15)19(24)22-26/h1-6,11-12,23,26H,7-10H2,(H,21,25)(H,22,24). The summed E-state index contributed by atoms with van der Waals surface area (Å²) in [5.74, 6) is 0.279. The third-order valence-electron chi connectivity index (χ3n) is 3.95. The average Bonchev–Trinajstić information content (AvgIpc) is 3.18. The summed E-state index contributed by atoms with van der Waals surface area (Å²) in [5, 5.41) is 20.8. The molecule has 152 valence electrons. The smallest absolute Gasteiger partial charge is 0.287 e. The van der Waals surface area contributed by atoms with E-state index in [4.69, 9.17) is 24.2 Å². The van der Waals surface area contributed by atoms with Crippen LogP contribution in [0.4, 0.5) is 0 Å². The molecule has 0 bridgehead atoms. The highest BCUT2D eigenvalue weighted by atomic mass is 16.5. The van der Waals surface area contributed by atoms with Crippen LogP contribution in [0.25, 0.3) is 11.0 Å². The molecule has 0 aliphatic carbocycles. The number of aliphatic hydroxyl groups is 1. The third kappa shape index (κ3) is 5.24. The number of furan rings is 1. The summed E-state index contributed by atoms with van der Waals surface area (Å²) < 4.78 is 16.4. The van der Waals surface area contributed by atoms with Gasteiger partial charge in [0.15, 0.2) is 5.76 Å². The van der Waals surface area contributed by atoms with Gasteiger partial charge in [0.25, 0.3) is 11.8 Å². The Morgan fingerprint density at radius 1 is 0.931 bits per heavy atom. The molecule has 9 heteroatoms. The lowest BCUT2D eigenvalue weighted by molar-refractivity contribution is 0.0706. The summed E-state index contributed by atoms with van der Waals surface area (Å²) in [7, 11) is 0. The first kappa shape index (κ1) is 20.2. The first-order valence-corrected chi connectivity index (χ1v) is 8.83. The van der Waals surface area contributed by atoms with E-state index in [1.807, 2.05) is 0 Å². The van der Waals surface area contributed by atoms with Crippen LogP contribution in [0.2, 0.25) is 0 Å². The van der Waals surface area contributed by atoms with Gasteiger partial charge in [0.1, 0.15) is 30.3 Å². The number of carbonyl (C=O) groups excluding carboxylic acids is 2. The van der Waals surface area contributed by atoms with E-state index < -0.39 is 5.91 Å².